The number of carbonyl (C=O) groups is 3. The highest BCUT2D eigenvalue weighted by Gasteiger charge is 2.60. The molecule has 1 fully saturated rings. The van der Waals surface area contributed by atoms with Gasteiger partial charge in [-0.15, -0.1) is 0 Å². The minimum atomic E-state index is -2.30. The van der Waals surface area contributed by atoms with Crippen molar-refractivity contribution in [3.8, 4) is 0 Å². The zero-order valence-electron chi connectivity index (χ0n) is 25.4. The molecule has 11 nitrogen and oxygen atoms in total. The summed E-state index contributed by atoms with van der Waals surface area (Å²) in [6.07, 6.45) is -5.88. The van der Waals surface area contributed by atoms with Crippen LogP contribution in [0.5, 0.6) is 0 Å². The first-order valence-electron chi connectivity index (χ1n) is 13.4. The second kappa shape index (κ2) is 14.4. The maximum atomic E-state index is 12.7. The van der Waals surface area contributed by atoms with E-state index in [1.807, 2.05) is 0 Å². The third kappa shape index (κ3) is 8.59. The van der Waals surface area contributed by atoms with Crippen molar-refractivity contribution in [3.05, 3.63) is 47.1 Å². The monoisotopic (exact) mass is 582 g/mol. The van der Waals surface area contributed by atoms with Gasteiger partial charge in [0, 0.05) is 23.1 Å². The maximum Gasteiger partial charge on any atom is 0.333 e. The normalized spacial score (nSPS) is 29.3. The molecule has 0 bridgehead atoms. The molecule has 0 saturated heterocycles. The molecule has 5 N–H and O–H groups in total. The molecule has 1 aliphatic rings. The van der Waals surface area contributed by atoms with Crippen LogP contribution in [-0.2, 0) is 28.6 Å². The van der Waals surface area contributed by atoms with Gasteiger partial charge in [-0.1, -0.05) is 24.8 Å². The SMILES string of the molecule is C=C(C(O)CC(OC(=O)C(C)=CC)C(C)(C)O)C1C(O)C(OC(=O)C(C)=CC)C(C)(O)C(O)C1OC(=O)C(C)=CC. The standard InChI is InChI=1S/C30H46O11/c1-11-15(4)26(34)39-20(29(8,9)37)14-19(31)18(7)21-22(32)25(41-28(36)17(6)13-3)30(10,38)24(33)23(21)40-27(35)16(5)12-2/h11-13,19-25,31-33,37-38H,7,14H2,1-6,8-10H3. The Labute approximate surface area is 241 Å². The Morgan fingerprint density at radius 2 is 1.37 bits per heavy atom. The van der Waals surface area contributed by atoms with Crippen LogP contribution in [0.3, 0.4) is 0 Å². The summed E-state index contributed by atoms with van der Waals surface area (Å²) >= 11 is 0. The summed E-state index contributed by atoms with van der Waals surface area (Å²) in [4.78, 5) is 37.7. The lowest BCUT2D eigenvalue weighted by Crippen LogP contribution is -2.69. The van der Waals surface area contributed by atoms with Crippen molar-refractivity contribution in [2.24, 2.45) is 5.92 Å². The Morgan fingerprint density at radius 3 is 1.80 bits per heavy atom. The summed E-state index contributed by atoms with van der Waals surface area (Å²) < 4.78 is 16.3. The van der Waals surface area contributed by atoms with Crippen LogP contribution in [0, 0.1) is 5.92 Å². The number of aliphatic hydroxyl groups is 5. The Kier molecular flexibility index (Phi) is 12.7. The van der Waals surface area contributed by atoms with Crippen LogP contribution >= 0.6 is 0 Å². The molecule has 0 aromatic heterocycles. The van der Waals surface area contributed by atoms with E-state index < -0.39 is 78.1 Å². The summed E-state index contributed by atoms with van der Waals surface area (Å²) in [7, 11) is 0. The van der Waals surface area contributed by atoms with Crippen molar-refractivity contribution in [2.75, 3.05) is 0 Å². The fraction of sp³-hybridized carbons (Fsp3) is 0.633. The van der Waals surface area contributed by atoms with Gasteiger partial charge in [-0.25, -0.2) is 14.4 Å². The van der Waals surface area contributed by atoms with E-state index in [9.17, 15) is 39.9 Å². The lowest BCUT2D eigenvalue weighted by atomic mass is 9.67. The molecule has 0 radical (unpaired) electrons. The number of hydrogen-bond donors (Lipinski definition) is 5. The second-order valence-corrected chi connectivity index (χ2v) is 11.2. The molecule has 8 unspecified atom stereocenters. The van der Waals surface area contributed by atoms with Gasteiger partial charge in [0.05, 0.1) is 17.6 Å². The zero-order chi connectivity index (χ0) is 32.0. The van der Waals surface area contributed by atoms with E-state index >= 15 is 0 Å². The van der Waals surface area contributed by atoms with Crippen LogP contribution < -0.4 is 0 Å². The van der Waals surface area contributed by atoms with Crippen LogP contribution in [0.1, 0.15) is 68.7 Å². The van der Waals surface area contributed by atoms with E-state index in [1.165, 1.54) is 52.8 Å². The first kappa shape index (κ1) is 36.2. The molecule has 232 valence electrons. The van der Waals surface area contributed by atoms with Gasteiger partial charge in [0.1, 0.15) is 30.0 Å². The number of allylic oxidation sites excluding steroid dienone is 3. The van der Waals surface area contributed by atoms with Gasteiger partial charge in [0.2, 0.25) is 0 Å². The topological polar surface area (TPSA) is 180 Å². The van der Waals surface area contributed by atoms with Gasteiger partial charge in [-0.05, 0) is 67.9 Å². The maximum absolute atomic E-state index is 12.7. The lowest BCUT2D eigenvalue weighted by molar-refractivity contribution is -0.255. The quantitative estimate of drug-likeness (QED) is 0.104. The molecule has 0 aromatic carbocycles. The molecule has 8 atom stereocenters. The molecular formula is C30H46O11. The molecule has 0 aliphatic heterocycles. The molecule has 41 heavy (non-hydrogen) atoms. The molecule has 1 saturated carbocycles. The van der Waals surface area contributed by atoms with Gasteiger partial charge >= 0.3 is 17.9 Å². The highest BCUT2D eigenvalue weighted by atomic mass is 16.6. The van der Waals surface area contributed by atoms with Gasteiger partial charge in [0.25, 0.3) is 0 Å². The largest absolute Gasteiger partial charge is 0.456 e. The zero-order valence-corrected chi connectivity index (χ0v) is 25.4. The number of rotatable bonds is 11. The van der Waals surface area contributed by atoms with Crippen LogP contribution in [0.4, 0.5) is 0 Å². The summed E-state index contributed by atoms with van der Waals surface area (Å²) in [6, 6.07) is 0. The van der Waals surface area contributed by atoms with Crippen molar-refractivity contribution < 1.29 is 54.1 Å². The molecule has 0 spiro atoms. The second-order valence-electron chi connectivity index (χ2n) is 11.2. The average Bonchev–Trinajstić information content (AvgIpc) is 2.90. The Morgan fingerprint density at radius 1 is 0.927 bits per heavy atom. The third-order valence-corrected chi connectivity index (χ3v) is 7.59. The molecule has 1 rings (SSSR count). The van der Waals surface area contributed by atoms with Gasteiger partial charge in [0.15, 0.2) is 6.10 Å². The molecule has 1 aliphatic carbocycles. The number of esters is 3. The average molecular weight is 583 g/mol. The van der Waals surface area contributed by atoms with Gasteiger partial charge < -0.3 is 39.7 Å². The third-order valence-electron chi connectivity index (χ3n) is 7.59. The molecular weight excluding hydrogens is 536 g/mol. The van der Waals surface area contributed by atoms with Crippen molar-refractivity contribution in [3.63, 3.8) is 0 Å². The van der Waals surface area contributed by atoms with Crippen LogP contribution in [-0.4, -0.2) is 91.3 Å². The highest BCUT2D eigenvalue weighted by molar-refractivity contribution is 5.88. The first-order chi connectivity index (χ1) is 18.8. The molecule has 0 aromatic rings. The van der Waals surface area contributed by atoms with E-state index in [0.717, 1.165) is 6.92 Å². The lowest BCUT2D eigenvalue weighted by Gasteiger charge is -2.51. The fourth-order valence-corrected chi connectivity index (χ4v) is 4.24. The minimum absolute atomic E-state index is 0.168. The fourth-order valence-electron chi connectivity index (χ4n) is 4.24. The van der Waals surface area contributed by atoms with Crippen molar-refractivity contribution >= 4 is 17.9 Å². The van der Waals surface area contributed by atoms with E-state index in [2.05, 4.69) is 6.58 Å². The predicted molar refractivity (Wildman–Crippen MR) is 150 cm³/mol. The highest BCUT2D eigenvalue weighted by Crippen LogP contribution is 2.42. The number of ether oxygens (including phenoxy) is 3. The molecule has 0 heterocycles. The van der Waals surface area contributed by atoms with E-state index in [4.69, 9.17) is 14.2 Å². The van der Waals surface area contributed by atoms with E-state index in [-0.39, 0.29) is 22.3 Å². The first-order valence-corrected chi connectivity index (χ1v) is 13.4. The smallest absolute Gasteiger partial charge is 0.333 e. The van der Waals surface area contributed by atoms with Crippen molar-refractivity contribution in [1.82, 2.24) is 0 Å². The van der Waals surface area contributed by atoms with Crippen molar-refractivity contribution in [2.45, 2.75) is 117 Å². The molecule has 0 amide bonds. The van der Waals surface area contributed by atoms with Crippen LogP contribution in [0.15, 0.2) is 47.1 Å². The van der Waals surface area contributed by atoms with Crippen LogP contribution in [0.2, 0.25) is 0 Å². The van der Waals surface area contributed by atoms with Crippen molar-refractivity contribution in [1.29, 1.82) is 0 Å². The summed E-state index contributed by atoms with van der Waals surface area (Å²) in [5, 5.41) is 55.7. The predicted octanol–water partition coefficient (Wildman–Crippen LogP) is 1.80. The van der Waals surface area contributed by atoms with Gasteiger partial charge in [-0.3, -0.25) is 0 Å². The van der Waals surface area contributed by atoms with Crippen LogP contribution in [0.25, 0.3) is 0 Å². The molecule has 11 heteroatoms. The Balaban J connectivity index is 3.56. The Bertz CT molecular complexity index is 1080. The summed E-state index contributed by atoms with van der Waals surface area (Å²) in [6.45, 7) is 17.0. The van der Waals surface area contributed by atoms with E-state index in [0.29, 0.717) is 0 Å². The minimum Gasteiger partial charge on any atom is -0.456 e. The Hall–Kier alpha value is -2.83. The number of carbonyl (C=O) groups excluding carboxylic acids is 3. The van der Waals surface area contributed by atoms with E-state index in [1.54, 1.807) is 20.8 Å². The summed E-state index contributed by atoms with van der Waals surface area (Å²) in [5.41, 5.74) is -3.48. The number of hydrogen-bond acceptors (Lipinski definition) is 11. The summed E-state index contributed by atoms with van der Waals surface area (Å²) in [5.74, 6) is -3.92. The number of aliphatic hydroxyl groups excluding tert-OH is 3. The van der Waals surface area contributed by atoms with Gasteiger partial charge in [-0.2, -0.15) is 0 Å².